The van der Waals surface area contributed by atoms with Crippen LogP contribution in [0, 0.1) is 5.92 Å². The summed E-state index contributed by atoms with van der Waals surface area (Å²) in [6.07, 6.45) is 6.78. The van der Waals surface area contributed by atoms with Crippen LogP contribution in [0.5, 0.6) is 0 Å². The third-order valence-electron chi connectivity index (χ3n) is 3.39. The van der Waals surface area contributed by atoms with Crippen molar-refractivity contribution < 1.29 is 0 Å². The van der Waals surface area contributed by atoms with Crippen molar-refractivity contribution in [3.05, 3.63) is 29.3 Å². The van der Waals surface area contributed by atoms with Gasteiger partial charge in [0.15, 0.2) is 0 Å². The molecule has 0 heterocycles. The quantitative estimate of drug-likeness (QED) is 0.767. The molecule has 1 aromatic rings. The molecule has 1 heteroatoms. The second-order valence-electron chi connectivity index (χ2n) is 4.66. The van der Waals surface area contributed by atoms with Gasteiger partial charge >= 0.3 is 0 Å². The van der Waals surface area contributed by atoms with E-state index in [2.05, 4.69) is 23.5 Å². The highest BCUT2D eigenvalue weighted by molar-refractivity contribution is 5.50. The molecule has 0 spiro atoms. The van der Waals surface area contributed by atoms with Crippen LogP contribution in [0.1, 0.15) is 30.4 Å². The lowest BCUT2D eigenvalue weighted by atomic mass is 10.1. The lowest BCUT2D eigenvalue weighted by molar-refractivity contribution is 0.888. The van der Waals surface area contributed by atoms with Crippen molar-refractivity contribution in [1.82, 2.24) is 0 Å². The topological polar surface area (TPSA) is 12.0 Å². The van der Waals surface area contributed by atoms with Crippen LogP contribution in [0.2, 0.25) is 0 Å². The van der Waals surface area contributed by atoms with E-state index in [0.717, 1.165) is 5.92 Å². The molecule has 2 aliphatic rings. The molecular formula is C13H17N. The maximum atomic E-state index is 3.54. The number of aryl methyl sites for hydroxylation is 2. The van der Waals surface area contributed by atoms with Gasteiger partial charge in [-0.15, -0.1) is 0 Å². The largest absolute Gasteiger partial charge is 0.385 e. The molecule has 14 heavy (non-hydrogen) atoms. The number of rotatable bonds is 3. The number of hydrogen-bond acceptors (Lipinski definition) is 1. The van der Waals surface area contributed by atoms with E-state index in [0.29, 0.717) is 0 Å². The van der Waals surface area contributed by atoms with Crippen molar-refractivity contribution >= 4 is 5.69 Å². The summed E-state index contributed by atoms with van der Waals surface area (Å²) < 4.78 is 0. The number of benzene rings is 1. The Morgan fingerprint density at radius 2 is 2.00 bits per heavy atom. The Morgan fingerprint density at radius 1 is 1.14 bits per heavy atom. The first-order valence-electron chi connectivity index (χ1n) is 5.77. The molecule has 0 aromatic heterocycles. The van der Waals surface area contributed by atoms with E-state index >= 15 is 0 Å². The molecule has 1 N–H and O–H groups in total. The van der Waals surface area contributed by atoms with Crippen LogP contribution >= 0.6 is 0 Å². The van der Waals surface area contributed by atoms with Crippen LogP contribution in [0.25, 0.3) is 0 Å². The first-order valence-corrected chi connectivity index (χ1v) is 5.77. The minimum atomic E-state index is 0.961. The standard InChI is InChI=1S/C13H17N/c1-2-11-6-7-13(8-12(11)3-1)14-9-10-4-5-10/h6-8,10,14H,1-5,9H2. The summed E-state index contributed by atoms with van der Waals surface area (Å²) in [5.74, 6) is 0.961. The van der Waals surface area contributed by atoms with Gasteiger partial charge in [-0.2, -0.15) is 0 Å². The van der Waals surface area contributed by atoms with Crippen molar-refractivity contribution in [2.75, 3.05) is 11.9 Å². The van der Waals surface area contributed by atoms with Gasteiger partial charge in [-0.25, -0.2) is 0 Å². The number of nitrogens with one attached hydrogen (secondary N) is 1. The van der Waals surface area contributed by atoms with Crippen LogP contribution in [0.15, 0.2) is 18.2 Å². The molecule has 0 amide bonds. The molecule has 0 atom stereocenters. The molecule has 0 saturated heterocycles. The van der Waals surface area contributed by atoms with Crippen LogP contribution in [0.3, 0.4) is 0 Å². The summed E-state index contributed by atoms with van der Waals surface area (Å²) in [5, 5.41) is 3.54. The van der Waals surface area contributed by atoms with Gasteiger partial charge in [-0.1, -0.05) is 6.07 Å². The number of fused-ring (bicyclic) bond motifs is 1. The SMILES string of the molecule is c1cc2c(cc1NCC1CC1)CCC2. The fraction of sp³-hybridized carbons (Fsp3) is 0.538. The molecule has 3 rings (SSSR count). The zero-order valence-corrected chi connectivity index (χ0v) is 8.55. The van der Waals surface area contributed by atoms with E-state index in [9.17, 15) is 0 Å². The van der Waals surface area contributed by atoms with Gasteiger partial charge in [0, 0.05) is 12.2 Å². The minimum Gasteiger partial charge on any atom is -0.385 e. The lowest BCUT2D eigenvalue weighted by Gasteiger charge is -2.07. The normalized spacial score (nSPS) is 19.4. The highest BCUT2D eigenvalue weighted by atomic mass is 14.9. The van der Waals surface area contributed by atoms with Crippen molar-refractivity contribution in [2.24, 2.45) is 5.92 Å². The molecule has 1 nitrogen and oxygen atoms in total. The Bertz CT molecular complexity index is 339. The second kappa shape index (κ2) is 3.30. The van der Waals surface area contributed by atoms with E-state index in [1.807, 2.05) is 0 Å². The van der Waals surface area contributed by atoms with Crippen LogP contribution < -0.4 is 5.32 Å². The molecule has 0 bridgehead atoms. The minimum absolute atomic E-state index is 0.961. The highest BCUT2D eigenvalue weighted by Gasteiger charge is 2.20. The zero-order valence-electron chi connectivity index (χ0n) is 8.55. The summed E-state index contributed by atoms with van der Waals surface area (Å²) in [7, 11) is 0. The van der Waals surface area contributed by atoms with E-state index in [1.54, 1.807) is 11.1 Å². The summed E-state index contributed by atoms with van der Waals surface area (Å²) in [4.78, 5) is 0. The average molecular weight is 187 g/mol. The summed E-state index contributed by atoms with van der Waals surface area (Å²) >= 11 is 0. The second-order valence-corrected chi connectivity index (χ2v) is 4.66. The molecule has 1 saturated carbocycles. The Kier molecular flexibility index (Phi) is 1.97. The van der Waals surface area contributed by atoms with Gasteiger partial charge in [0.05, 0.1) is 0 Å². The Labute approximate surface area is 85.5 Å². The molecular weight excluding hydrogens is 170 g/mol. The van der Waals surface area contributed by atoms with E-state index in [4.69, 9.17) is 0 Å². The maximum Gasteiger partial charge on any atom is 0.0343 e. The zero-order chi connectivity index (χ0) is 9.38. The molecule has 74 valence electrons. The molecule has 0 aliphatic heterocycles. The predicted molar refractivity (Wildman–Crippen MR) is 59.7 cm³/mol. The Hall–Kier alpha value is -0.980. The molecule has 2 aliphatic carbocycles. The van der Waals surface area contributed by atoms with Crippen molar-refractivity contribution in [2.45, 2.75) is 32.1 Å². The van der Waals surface area contributed by atoms with Crippen LogP contribution in [-0.2, 0) is 12.8 Å². The fourth-order valence-corrected chi connectivity index (χ4v) is 2.27. The van der Waals surface area contributed by atoms with Gasteiger partial charge in [-0.3, -0.25) is 0 Å². The summed E-state index contributed by atoms with van der Waals surface area (Å²) in [6, 6.07) is 6.90. The smallest absolute Gasteiger partial charge is 0.0343 e. The number of anilines is 1. The van der Waals surface area contributed by atoms with Gasteiger partial charge in [0.2, 0.25) is 0 Å². The fourth-order valence-electron chi connectivity index (χ4n) is 2.27. The molecule has 1 fully saturated rings. The lowest BCUT2D eigenvalue weighted by Crippen LogP contribution is -2.03. The first-order chi connectivity index (χ1) is 6.92. The predicted octanol–water partition coefficient (Wildman–Crippen LogP) is 3.00. The van der Waals surface area contributed by atoms with Gasteiger partial charge in [0.25, 0.3) is 0 Å². The van der Waals surface area contributed by atoms with Crippen LogP contribution in [0.4, 0.5) is 5.69 Å². The Morgan fingerprint density at radius 3 is 2.86 bits per heavy atom. The van der Waals surface area contributed by atoms with E-state index in [1.165, 1.54) is 44.3 Å². The maximum absolute atomic E-state index is 3.54. The van der Waals surface area contributed by atoms with Crippen molar-refractivity contribution in [1.29, 1.82) is 0 Å². The Balaban J connectivity index is 1.71. The van der Waals surface area contributed by atoms with Gasteiger partial charge in [-0.05, 0) is 61.3 Å². The first kappa shape index (κ1) is 8.34. The summed E-state index contributed by atoms with van der Waals surface area (Å²) in [5.41, 5.74) is 4.48. The third-order valence-corrected chi connectivity index (χ3v) is 3.39. The van der Waals surface area contributed by atoms with Gasteiger partial charge < -0.3 is 5.32 Å². The van der Waals surface area contributed by atoms with Crippen molar-refractivity contribution in [3.8, 4) is 0 Å². The van der Waals surface area contributed by atoms with Crippen LogP contribution in [-0.4, -0.2) is 6.54 Å². The van der Waals surface area contributed by atoms with E-state index in [-0.39, 0.29) is 0 Å². The summed E-state index contributed by atoms with van der Waals surface area (Å²) in [6.45, 7) is 1.18. The highest BCUT2D eigenvalue weighted by Crippen LogP contribution is 2.30. The van der Waals surface area contributed by atoms with Crippen molar-refractivity contribution in [3.63, 3.8) is 0 Å². The third kappa shape index (κ3) is 1.63. The molecule has 0 radical (unpaired) electrons. The monoisotopic (exact) mass is 187 g/mol. The molecule has 1 aromatic carbocycles. The molecule has 0 unspecified atom stereocenters. The van der Waals surface area contributed by atoms with E-state index < -0.39 is 0 Å². The average Bonchev–Trinajstić information content (AvgIpc) is 2.92. The van der Waals surface area contributed by atoms with Gasteiger partial charge in [0.1, 0.15) is 0 Å². The number of hydrogen-bond donors (Lipinski definition) is 1.